The Labute approximate surface area is 179 Å². The van der Waals surface area contributed by atoms with E-state index in [9.17, 15) is 15.3 Å². The summed E-state index contributed by atoms with van der Waals surface area (Å²) >= 11 is 0. The number of benzene rings is 1. The smallest absolute Gasteiger partial charge is 0.243 e. The average molecular weight is 411 g/mol. The van der Waals surface area contributed by atoms with Crippen molar-refractivity contribution in [2.45, 2.75) is 45.8 Å². The van der Waals surface area contributed by atoms with Crippen molar-refractivity contribution in [2.24, 2.45) is 5.41 Å². The molecule has 1 amide bonds. The normalized spacial score (nSPS) is 17.0. The number of anilines is 1. The fraction of sp³-hybridized carbons (Fsp3) is 0.348. The molecule has 0 spiro atoms. The van der Waals surface area contributed by atoms with Crippen molar-refractivity contribution in [3.8, 4) is 12.1 Å². The minimum Gasteiger partial charge on any atom is -0.363 e. The highest BCUT2D eigenvalue weighted by Crippen LogP contribution is 2.48. The molecule has 3 aromatic rings. The number of amides is 1. The van der Waals surface area contributed by atoms with Gasteiger partial charge in [0.1, 0.15) is 11.2 Å². The van der Waals surface area contributed by atoms with E-state index in [1.807, 2.05) is 42.6 Å². The zero-order valence-corrected chi connectivity index (χ0v) is 17.4. The molecule has 3 heterocycles. The molecule has 1 N–H and O–H groups in total. The van der Waals surface area contributed by atoms with Gasteiger partial charge in [-0.1, -0.05) is 12.1 Å². The summed E-state index contributed by atoms with van der Waals surface area (Å²) in [7, 11) is 0. The first-order chi connectivity index (χ1) is 15.0. The summed E-state index contributed by atoms with van der Waals surface area (Å²) in [6.07, 6.45) is 4.80. The number of imidazole rings is 1. The Morgan fingerprint density at radius 1 is 1.29 bits per heavy atom. The number of aromatic nitrogens is 3. The lowest BCUT2D eigenvalue weighted by Crippen LogP contribution is -2.32. The van der Waals surface area contributed by atoms with Gasteiger partial charge in [-0.25, -0.2) is 4.98 Å². The van der Waals surface area contributed by atoms with Crippen molar-refractivity contribution < 1.29 is 4.79 Å². The van der Waals surface area contributed by atoms with E-state index in [1.165, 1.54) is 0 Å². The van der Waals surface area contributed by atoms with Crippen molar-refractivity contribution in [3.63, 3.8) is 0 Å². The number of hydrogen-bond donors (Lipinski definition) is 1. The highest BCUT2D eigenvalue weighted by Gasteiger charge is 2.53. The fourth-order valence-corrected chi connectivity index (χ4v) is 4.39. The van der Waals surface area contributed by atoms with Gasteiger partial charge in [-0.15, -0.1) is 0 Å². The average Bonchev–Trinajstić information content (AvgIpc) is 3.21. The van der Waals surface area contributed by atoms with E-state index in [2.05, 4.69) is 22.4 Å². The standard InChI is InChI=1S/C23H21N7O/c1-14-16(10-24)4-3-5-17(14)15(2)27-20-18-11-29(21(31)23(13-25)6-7-23)12-19(18)30-9-8-26-22(30)28-20/h3-5,8-9,15H,6-7,11-12H2,1-2H3,(H,26,27,28). The molecular formula is C23H21N7O. The molecule has 1 aromatic carbocycles. The van der Waals surface area contributed by atoms with Gasteiger partial charge in [0, 0.05) is 18.0 Å². The number of nitrogens with zero attached hydrogens (tertiary/aromatic N) is 6. The third-order valence-electron chi connectivity index (χ3n) is 6.42. The molecule has 154 valence electrons. The number of carbonyl (C=O) groups excluding carboxylic acids is 1. The van der Waals surface area contributed by atoms with Gasteiger partial charge in [0.25, 0.3) is 0 Å². The van der Waals surface area contributed by atoms with Crippen LogP contribution in [-0.2, 0) is 17.9 Å². The van der Waals surface area contributed by atoms with Crippen LogP contribution in [0.15, 0.2) is 30.6 Å². The SMILES string of the molecule is Cc1c(C#N)cccc1C(C)Nc1nc2nccn2c2c1CN(C(=O)C1(C#N)CC1)C2. The van der Waals surface area contributed by atoms with Crippen molar-refractivity contribution >= 4 is 17.5 Å². The maximum Gasteiger partial charge on any atom is 0.243 e. The Morgan fingerprint density at radius 2 is 2.10 bits per heavy atom. The summed E-state index contributed by atoms with van der Waals surface area (Å²) in [6.45, 7) is 4.81. The summed E-state index contributed by atoms with van der Waals surface area (Å²) in [6, 6.07) is 10.0. The Morgan fingerprint density at radius 3 is 2.81 bits per heavy atom. The summed E-state index contributed by atoms with van der Waals surface area (Å²) < 4.78 is 1.91. The van der Waals surface area contributed by atoms with Gasteiger partial charge in [0.05, 0.1) is 42.5 Å². The summed E-state index contributed by atoms with van der Waals surface area (Å²) in [5.41, 5.74) is 3.65. The van der Waals surface area contributed by atoms with Gasteiger partial charge in [-0.05, 0) is 43.9 Å². The molecule has 8 heteroatoms. The highest BCUT2D eigenvalue weighted by molar-refractivity contribution is 5.89. The third-order valence-corrected chi connectivity index (χ3v) is 6.42. The van der Waals surface area contributed by atoms with Gasteiger partial charge in [-0.2, -0.15) is 15.5 Å². The molecule has 1 aliphatic carbocycles. The monoisotopic (exact) mass is 411 g/mol. The second-order valence-electron chi connectivity index (χ2n) is 8.34. The lowest BCUT2D eigenvalue weighted by Gasteiger charge is -2.20. The van der Waals surface area contributed by atoms with Crippen molar-refractivity contribution in [1.82, 2.24) is 19.3 Å². The van der Waals surface area contributed by atoms with Gasteiger partial charge < -0.3 is 10.2 Å². The Bertz CT molecular complexity index is 1310. The van der Waals surface area contributed by atoms with Crippen LogP contribution in [0.2, 0.25) is 0 Å². The van der Waals surface area contributed by atoms with Gasteiger partial charge in [0.15, 0.2) is 0 Å². The third kappa shape index (κ3) is 2.91. The first kappa shape index (κ1) is 19.1. The van der Waals surface area contributed by atoms with Crippen molar-refractivity contribution in [1.29, 1.82) is 10.5 Å². The molecule has 2 aliphatic rings. The number of rotatable bonds is 4. The number of nitriles is 2. The number of carbonyl (C=O) groups is 1. The van der Waals surface area contributed by atoms with Crippen LogP contribution < -0.4 is 5.32 Å². The maximum atomic E-state index is 13.0. The van der Waals surface area contributed by atoms with E-state index < -0.39 is 5.41 Å². The van der Waals surface area contributed by atoms with E-state index in [0.29, 0.717) is 43.1 Å². The van der Waals surface area contributed by atoms with E-state index in [0.717, 1.165) is 22.4 Å². The largest absolute Gasteiger partial charge is 0.363 e. The first-order valence-corrected chi connectivity index (χ1v) is 10.3. The Hall–Kier alpha value is -3.91. The Kier molecular flexibility index (Phi) is 4.19. The van der Waals surface area contributed by atoms with Crippen molar-refractivity contribution in [2.75, 3.05) is 5.32 Å². The maximum absolute atomic E-state index is 13.0. The fourth-order valence-electron chi connectivity index (χ4n) is 4.39. The van der Waals surface area contributed by atoms with Crippen molar-refractivity contribution in [3.05, 3.63) is 58.5 Å². The van der Waals surface area contributed by atoms with E-state index in [4.69, 9.17) is 4.98 Å². The molecule has 5 rings (SSSR count). The van der Waals surface area contributed by atoms with Gasteiger partial charge in [-0.3, -0.25) is 9.20 Å². The van der Waals surface area contributed by atoms with Gasteiger partial charge >= 0.3 is 0 Å². The topological polar surface area (TPSA) is 110 Å². The van der Waals surface area contributed by atoms with Crippen LogP contribution in [0.5, 0.6) is 0 Å². The molecule has 8 nitrogen and oxygen atoms in total. The zero-order valence-electron chi connectivity index (χ0n) is 17.4. The minimum absolute atomic E-state index is 0.0963. The molecule has 0 bridgehead atoms. The van der Waals surface area contributed by atoms with Gasteiger partial charge in [0.2, 0.25) is 11.7 Å². The molecule has 1 fully saturated rings. The van der Waals surface area contributed by atoms with Crippen LogP contribution in [0.3, 0.4) is 0 Å². The molecule has 31 heavy (non-hydrogen) atoms. The van der Waals surface area contributed by atoms with Crippen LogP contribution in [-0.4, -0.2) is 25.2 Å². The number of fused-ring (bicyclic) bond motifs is 3. The van der Waals surface area contributed by atoms with Crippen LogP contribution in [0, 0.1) is 35.0 Å². The van der Waals surface area contributed by atoms with E-state index in [-0.39, 0.29) is 11.9 Å². The lowest BCUT2D eigenvalue weighted by atomic mass is 9.98. The predicted octanol–water partition coefficient (Wildman–Crippen LogP) is 3.23. The van der Waals surface area contributed by atoms with Crippen LogP contribution in [0.1, 0.15) is 53.8 Å². The minimum atomic E-state index is -0.848. The highest BCUT2D eigenvalue weighted by atomic mass is 16.2. The van der Waals surface area contributed by atoms with Crippen LogP contribution in [0.4, 0.5) is 5.82 Å². The first-order valence-electron chi connectivity index (χ1n) is 10.3. The number of nitrogens with one attached hydrogen (secondary N) is 1. The summed E-state index contributed by atoms with van der Waals surface area (Å²) in [5, 5.41) is 22.3. The zero-order chi connectivity index (χ0) is 21.8. The van der Waals surface area contributed by atoms with Crippen LogP contribution >= 0.6 is 0 Å². The molecule has 1 unspecified atom stereocenters. The quantitative estimate of drug-likeness (QED) is 0.706. The molecule has 1 aliphatic heterocycles. The second-order valence-corrected chi connectivity index (χ2v) is 8.34. The molecule has 1 atom stereocenters. The van der Waals surface area contributed by atoms with E-state index in [1.54, 1.807) is 11.1 Å². The molecular weight excluding hydrogens is 390 g/mol. The number of hydrogen-bond acceptors (Lipinski definition) is 6. The summed E-state index contributed by atoms with van der Waals surface area (Å²) in [4.78, 5) is 23.8. The molecule has 2 aromatic heterocycles. The predicted molar refractivity (Wildman–Crippen MR) is 112 cm³/mol. The second kappa shape index (κ2) is 6.82. The van der Waals surface area contributed by atoms with E-state index >= 15 is 0 Å². The lowest BCUT2D eigenvalue weighted by molar-refractivity contribution is -0.135. The molecule has 0 saturated heterocycles. The molecule has 0 radical (unpaired) electrons. The Balaban J connectivity index is 1.51. The van der Waals surface area contributed by atoms with Crippen LogP contribution in [0.25, 0.3) is 5.78 Å². The molecule has 1 saturated carbocycles. The summed E-state index contributed by atoms with van der Waals surface area (Å²) in [5.74, 6) is 1.14.